The summed E-state index contributed by atoms with van der Waals surface area (Å²) >= 11 is 0. The Labute approximate surface area is 168 Å². The maximum absolute atomic E-state index is 11.7. The number of sulfonamides is 1. The molecule has 0 saturated carbocycles. The summed E-state index contributed by atoms with van der Waals surface area (Å²) in [6, 6.07) is 11.0. The number of anilines is 3. The maximum atomic E-state index is 11.7. The topological polar surface area (TPSA) is 127 Å². The summed E-state index contributed by atoms with van der Waals surface area (Å²) in [6.07, 6.45) is -2.31. The molecule has 9 nitrogen and oxygen atoms in total. The van der Waals surface area contributed by atoms with Crippen LogP contribution in [0.5, 0.6) is 0 Å². The minimum Gasteiger partial charge on any atom is -0.465 e. The summed E-state index contributed by atoms with van der Waals surface area (Å²) in [7, 11) is -3.38. The fourth-order valence-electron chi connectivity index (χ4n) is 3.26. The third-order valence-electron chi connectivity index (χ3n) is 4.72. The molecule has 0 fully saturated rings. The van der Waals surface area contributed by atoms with Crippen LogP contribution in [0.1, 0.15) is 13.8 Å². The highest BCUT2D eigenvalue weighted by atomic mass is 32.2. The molecule has 2 amide bonds. The quantitative estimate of drug-likeness (QED) is 0.696. The van der Waals surface area contributed by atoms with E-state index in [2.05, 4.69) is 4.72 Å². The minimum absolute atomic E-state index is 0.0236. The molecule has 1 atom stereocenters. The average Bonchev–Trinajstić information content (AvgIpc) is 2.67. The Morgan fingerprint density at radius 3 is 2.21 bits per heavy atom. The molecule has 0 spiro atoms. The van der Waals surface area contributed by atoms with Crippen molar-refractivity contribution in [2.75, 3.05) is 26.8 Å². The van der Waals surface area contributed by atoms with Crippen LogP contribution in [-0.2, 0) is 10.0 Å². The maximum Gasteiger partial charge on any atom is 0.412 e. The molecule has 29 heavy (non-hydrogen) atoms. The van der Waals surface area contributed by atoms with Crippen LogP contribution in [0.15, 0.2) is 42.5 Å². The number of nitrogens with one attached hydrogen (secondary N) is 1. The van der Waals surface area contributed by atoms with Crippen LogP contribution >= 0.6 is 0 Å². The summed E-state index contributed by atoms with van der Waals surface area (Å²) < 4.78 is 25.8. The molecule has 0 saturated heterocycles. The van der Waals surface area contributed by atoms with Crippen LogP contribution in [0.4, 0.5) is 26.7 Å². The fourth-order valence-corrected chi connectivity index (χ4v) is 3.90. The summed E-state index contributed by atoms with van der Waals surface area (Å²) in [5.41, 5.74) is 2.42. The van der Waals surface area contributed by atoms with E-state index in [1.165, 1.54) is 0 Å². The van der Waals surface area contributed by atoms with E-state index in [-0.39, 0.29) is 18.0 Å². The molecule has 2 aromatic rings. The van der Waals surface area contributed by atoms with E-state index >= 15 is 0 Å². The lowest BCUT2D eigenvalue weighted by atomic mass is 10.0. The van der Waals surface area contributed by atoms with Gasteiger partial charge < -0.3 is 10.2 Å². The normalized spacial score (nSPS) is 16.3. The van der Waals surface area contributed by atoms with E-state index < -0.39 is 28.3 Å². The Morgan fingerprint density at radius 1 is 1.03 bits per heavy atom. The number of benzene rings is 2. The van der Waals surface area contributed by atoms with E-state index in [1.54, 1.807) is 56.3 Å². The largest absolute Gasteiger partial charge is 0.465 e. The highest BCUT2D eigenvalue weighted by Crippen LogP contribution is 2.39. The molecule has 0 aliphatic carbocycles. The molecule has 0 aromatic heterocycles. The SMILES string of the molecule is CCS(=O)(=O)Nc1ccc(-c2ccc3c(c2)N(C(=O)O)C[C@H](C)N3C(=O)O)cc1. The lowest BCUT2D eigenvalue weighted by Crippen LogP contribution is -2.51. The van der Waals surface area contributed by atoms with E-state index in [9.17, 15) is 28.2 Å². The molecule has 0 radical (unpaired) electrons. The lowest BCUT2D eigenvalue weighted by Gasteiger charge is -2.38. The second-order valence-electron chi connectivity index (χ2n) is 6.68. The van der Waals surface area contributed by atoms with Gasteiger partial charge in [-0.1, -0.05) is 18.2 Å². The zero-order valence-electron chi connectivity index (χ0n) is 15.9. The van der Waals surface area contributed by atoms with Crippen molar-refractivity contribution in [1.82, 2.24) is 0 Å². The third-order valence-corrected chi connectivity index (χ3v) is 6.03. The van der Waals surface area contributed by atoms with Crippen LogP contribution in [0, 0.1) is 0 Å². The second-order valence-corrected chi connectivity index (χ2v) is 8.69. The molecular formula is C19H21N3O6S. The number of hydrogen-bond acceptors (Lipinski definition) is 4. The zero-order valence-corrected chi connectivity index (χ0v) is 16.7. The monoisotopic (exact) mass is 419 g/mol. The van der Waals surface area contributed by atoms with E-state index in [1.807, 2.05) is 0 Å². The van der Waals surface area contributed by atoms with Crippen LogP contribution in [-0.4, -0.2) is 49.2 Å². The van der Waals surface area contributed by atoms with Gasteiger partial charge in [-0.05, 0) is 49.2 Å². The van der Waals surface area contributed by atoms with Gasteiger partial charge in [-0.25, -0.2) is 18.0 Å². The minimum atomic E-state index is -3.38. The van der Waals surface area contributed by atoms with Crippen molar-refractivity contribution in [2.45, 2.75) is 19.9 Å². The molecular weight excluding hydrogens is 398 g/mol. The van der Waals surface area contributed by atoms with Gasteiger partial charge >= 0.3 is 12.2 Å². The van der Waals surface area contributed by atoms with Gasteiger partial charge in [0.2, 0.25) is 10.0 Å². The standard InChI is InChI=1S/C19H21N3O6S/c1-3-29(27,28)20-15-7-4-13(5-8-15)14-6-9-16-17(10-14)21(18(23)24)11-12(2)22(16)19(25)26/h4-10,12,20H,3,11H2,1-2H3,(H,23,24)(H,25,26)/t12-/m0/s1. The van der Waals surface area contributed by atoms with Gasteiger partial charge in [-0.3, -0.25) is 14.5 Å². The first-order valence-corrected chi connectivity index (χ1v) is 10.6. The fraction of sp³-hybridized carbons (Fsp3) is 0.263. The number of amides is 2. The van der Waals surface area contributed by atoms with Crippen LogP contribution < -0.4 is 14.5 Å². The molecule has 2 aromatic carbocycles. The van der Waals surface area contributed by atoms with Crippen LogP contribution in [0.2, 0.25) is 0 Å². The summed E-state index contributed by atoms with van der Waals surface area (Å²) in [6.45, 7) is 3.21. The molecule has 0 bridgehead atoms. The van der Waals surface area contributed by atoms with Crippen molar-refractivity contribution in [3.8, 4) is 11.1 Å². The number of nitrogens with zero attached hydrogens (tertiary/aromatic N) is 2. The highest BCUT2D eigenvalue weighted by Gasteiger charge is 2.35. The van der Waals surface area contributed by atoms with Crippen LogP contribution in [0.3, 0.4) is 0 Å². The number of hydrogen-bond donors (Lipinski definition) is 3. The molecule has 154 valence electrons. The average molecular weight is 419 g/mol. The number of rotatable bonds is 4. The predicted molar refractivity (Wildman–Crippen MR) is 110 cm³/mol. The van der Waals surface area contributed by atoms with Gasteiger partial charge in [-0.15, -0.1) is 0 Å². The summed E-state index contributed by atoms with van der Waals surface area (Å²) in [4.78, 5) is 25.6. The van der Waals surface area contributed by atoms with Crippen molar-refractivity contribution >= 4 is 39.3 Å². The predicted octanol–water partition coefficient (Wildman–Crippen LogP) is 3.49. The smallest absolute Gasteiger partial charge is 0.412 e. The second kappa shape index (κ2) is 7.63. The number of carboxylic acid groups (broad SMARTS) is 2. The molecule has 1 heterocycles. The molecule has 1 aliphatic rings. The van der Waals surface area contributed by atoms with Crippen molar-refractivity contribution in [3.05, 3.63) is 42.5 Å². The van der Waals surface area contributed by atoms with Crippen molar-refractivity contribution in [2.24, 2.45) is 0 Å². The molecule has 1 aliphatic heterocycles. The Bertz CT molecular complexity index is 1050. The van der Waals surface area contributed by atoms with E-state index in [0.29, 0.717) is 16.9 Å². The molecule has 3 rings (SSSR count). The highest BCUT2D eigenvalue weighted by molar-refractivity contribution is 7.92. The van der Waals surface area contributed by atoms with Gasteiger partial charge in [0.05, 0.1) is 29.7 Å². The van der Waals surface area contributed by atoms with E-state index in [4.69, 9.17) is 0 Å². The Morgan fingerprint density at radius 2 is 1.66 bits per heavy atom. The lowest BCUT2D eigenvalue weighted by molar-refractivity contribution is 0.194. The first-order chi connectivity index (χ1) is 13.6. The van der Waals surface area contributed by atoms with Gasteiger partial charge in [0.25, 0.3) is 0 Å². The Kier molecular flexibility index (Phi) is 5.38. The third kappa shape index (κ3) is 4.11. The molecule has 3 N–H and O–H groups in total. The number of carbonyl (C=O) groups is 2. The van der Waals surface area contributed by atoms with Gasteiger partial charge in [0.1, 0.15) is 0 Å². The van der Waals surface area contributed by atoms with E-state index in [0.717, 1.165) is 15.4 Å². The summed E-state index contributed by atoms with van der Waals surface area (Å²) in [5, 5.41) is 19.1. The van der Waals surface area contributed by atoms with Gasteiger partial charge in [0.15, 0.2) is 0 Å². The van der Waals surface area contributed by atoms with Gasteiger partial charge in [-0.2, -0.15) is 0 Å². The number of fused-ring (bicyclic) bond motifs is 1. The molecule has 10 heteroatoms. The van der Waals surface area contributed by atoms with Crippen molar-refractivity contribution in [3.63, 3.8) is 0 Å². The van der Waals surface area contributed by atoms with Gasteiger partial charge in [0, 0.05) is 5.69 Å². The molecule has 0 unspecified atom stereocenters. The summed E-state index contributed by atoms with van der Waals surface area (Å²) in [5.74, 6) is -0.0386. The Balaban J connectivity index is 2.00. The Hall–Kier alpha value is -3.27. The van der Waals surface area contributed by atoms with Crippen molar-refractivity contribution < 1.29 is 28.2 Å². The first-order valence-electron chi connectivity index (χ1n) is 8.90. The zero-order chi connectivity index (χ0) is 21.3. The van der Waals surface area contributed by atoms with Crippen molar-refractivity contribution in [1.29, 1.82) is 0 Å². The van der Waals surface area contributed by atoms with Crippen LogP contribution in [0.25, 0.3) is 11.1 Å². The first kappa shape index (κ1) is 20.5.